The lowest BCUT2D eigenvalue weighted by Gasteiger charge is -2.08. The summed E-state index contributed by atoms with van der Waals surface area (Å²) >= 11 is 0. The molecule has 1 aromatic rings. The molecule has 4 N–H and O–H groups in total. The van der Waals surface area contributed by atoms with E-state index in [0.717, 1.165) is 32.4 Å². The molecule has 1 heterocycles. The number of nitrogens with zero attached hydrogens (tertiary/aromatic N) is 4. The number of guanidine groups is 1. The summed E-state index contributed by atoms with van der Waals surface area (Å²) in [5.74, 6) is 6.01. The van der Waals surface area contributed by atoms with Gasteiger partial charge >= 0.3 is 0 Å². The van der Waals surface area contributed by atoms with E-state index in [-0.39, 0.29) is 0 Å². The Balaban J connectivity index is 2.16. The number of hydrazine groups is 1. The van der Waals surface area contributed by atoms with Gasteiger partial charge in [-0.15, -0.1) is 5.10 Å². The smallest absolute Gasteiger partial charge is 0.205 e. The Morgan fingerprint density at radius 3 is 3.00 bits per heavy atom. The van der Waals surface area contributed by atoms with Gasteiger partial charge < -0.3 is 5.32 Å². The van der Waals surface area contributed by atoms with E-state index < -0.39 is 0 Å². The molecule has 0 aromatic carbocycles. The molecule has 0 amide bonds. The first-order valence-electron chi connectivity index (χ1n) is 5.96. The quantitative estimate of drug-likeness (QED) is 0.203. The molecule has 0 aliphatic rings. The molecule has 0 aliphatic heterocycles. The van der Waals surface area contributed by atoms with Crippen LogP contribution in [0, 0.1) is 0 Å². The van der Waals surface area contributed by atoms with Gasteiger partial charge in [-0.2, -0.15) is 0 Å². The summed E-state index contributed by atoms with van der Waals surface area (Å²) in [5.41, 5.74) is 2.56. The molecule has 0 fully saturated rings. The largest absolute Gasteiger partial charge is 0.355 e. The normalized spacial score (nSPS) is 11.5. The van der Waals surface area contributed by atoms with Crippen molar-refractivity contribution in [3.05, 3.63) is 12.4 Å². The van der Waals surface area contributed by atoms with Gasteiger partial charge in [0.15, 0.2) is 0 Å². The first-order valence-corrected chi connectivity index (χ1v) is 5.96. The topological polar surface area (TPSA) is 93.1 Å². The fraction of sp³-hybridized carbons (Fsp3) is 0.700. The second-order valence-corrected chi connectivity index (χ2v) is 3.67. The summed E-state index contributed by atoms with van der Waals surface area (Å²) in [4.78, 5) is 4.32. The number of aliphatic imine (C=N–C) groups is 1. The molecule has 0 spiro atoms. The number of unbranched alkanes of at least 4 members (excludes halogenated alkanes) is 1. The van der Waals surface area contributed by atoms with Crippen LogP contribution in [0.5, 0.6) is 0 Å². The van der Waals surface area contributed by atoms with E-state index in [4.69, 9.17) is 5.84 Å². The van der Waals surface area contributed by atoms with Crippen molar-refractivity contribution in [1.82, 2.24) is 25.7 Å². The van der Waals surface area contributed by atoms with Crippen LogP contribution >= 0.6 is 0 Å². The third-order valence-corrected chi connectivity index (χ3v) is 2.25. The fourth-order valence-electron chi connectivity index (χ4n) is 1.31. The molecule has 96 valence electrons. The predicted molar refractivity (Wildman–Crippen MR) is 67.2 cm³/mol. The minimum Gasteiger partial charge on any atom is -0.355 e. The molecule has 17 heavy (non-hydrogen) atoms. The van der Waals surface area contributed by atoms with Crippen LogP contribution < -0.4 is 16.6 Å². The average Bonchev–Trinajstić information content (AvgIpc) is 2.85. The maximum absolute atomic E-state index is 5.36. The van der Waals surface area contributed by atoms with Gasteiger partial charge in [0, 0.05) is 25.8 Å². The molecule has 0 atom stereocenters. The highest BCUT2D eigenvalue weighted by molar-refractivity contribution is 5.79. The Morgan fingerprint density at radius 2 is 2.35 bits per heavy atom. The number of nitrogens with one attached hydrogen (secondary N) is 2. The van der Waals surface area contributed by atoms with Crippen LogP contribution in [0.15, 0.2) is 17.4 Å². The van der Waals surface area contributed by atoms with E-state index >= 15 is 0 Å². The van der Waals surface area contributed by atoms with Crippen molar-refractivity contribution in [2.24, 2.45) is 10.8 Å². The van der Waals surface area contributed by atoms with Gasteiger partial charge in [0.25, 0.3) is 0 Å². The van der Waals surface area contributed by atoms with Crippen LogP contribution in [-0.4, -0.2) is 34.0 Å². The summed E-state index contributed by atoms with van der Waals surface area (Å²) in [6.07, 6.45) is 6.68. The lowest BCUT2D eigenvalue weighted by molar-refractivity contribution is 0.563. The Morgan fingerprint density at radius 1 is 1.47 bits per heavy atom. The van der Waals surface area contributed by atoms with Gasteiger partial charge in [-0.25, -0.2) is 5.84 Å². The number of aryl methyl sites for hydroxylation is 1. The zero-order valence-corrected chi connectivity index (χ0v) is 10.3. The Labute approximate surface area is 101 Å². The van der Waals surface area contributed by atoms with Crippen molar-refractivity contribution in [3.8, 4) is 0 Å². The number of hydrogen-bond donors (Lipinski definition) is 3. The molecule has 7 heteroatoms. The Bertz CT molecular complexity index is 306. The van der Waals surface area contributed by atoms with E-state index in [1.807, 2.05) is 6.20 Å². The number of aromatic nitrogens is 3. The van der Waals surface area contributed by atoms with Crippen molar-refractivity contribution >= 4 is 5.96 Å². The van der Waals surface area contributed by atoms with Gasteiger partial charge in [-0.3, -0.25) is 15.1 Å². The van der Waals surface area contributed by atoms with E-state index in [9.17, 15) is 0 Å². The summed E-state index contributed by atoms with van der Waals surface area (Å²) in [6.45, 7) is 4.56. The lowest BCUT2D eigenvalue weighted by atomic mass is 10.3. The van der Waals surface area contributed by atoms with E-state index in [0.29, 0.717) is 12.5 Å². The van der Waals surface area contributed by atoms with E-state index in [1.165, 1.54) is 0 Å². The minimum atomic E-state index is 0.650. The Hall–Kier alpha value is -1.63. The van der Waals surface area contributed by atoms with Crippen molar-refractivity contribution in [2.75, 3.05) is 13.1 Å². The van der Waals surface area contributed by atoms with Crippen LogP contribution in [0.4, 0.5) is 0 Å². The highest BCUT2D eigenvalue weighted by Crippen LogP contribution is 1.88. The fourth-order valence-corrected chi connectivity index (χ4v) is 1.31. The standard InChI is InChI=1S/C10H21N7/c1-2-3-5-12-10(15-11)13-6-4-8-17-9-7-14-16-17/h7,9H,2-6,8,11H2,1H3,(H2,12,13,15). The van der Waals surface area contributed by atoms with Crippen LogP contribution in [0.2, 0.25) is 0 Å². The highest BCUT2D eigenvalue weighted by atomic mass is 15.4. The number of rotatable bonds is 7. The predicted octanol–water partition coefficient (Wildman–Crippen LogP) is -0.123. The van der Waals surface area contributed by atoms with Gasteiger partial charge in [-0.1, -0.05) is 18.6 Å². The molecule has 1 rings (SSSR count). The minimum absolute atomic E-state index is 0.650. The maximum Gasteiger partial charge on any atom is 0.205 e. The van der Waals surface area contributed by atoms with Crippen molar-refractivity contribution in [2.45, 2.75) is 32.7 Å². The average molecular weight is 239 g/mol. The lowest BCUT2D eigenvalue weighted by Crippen LogP contribution is -2.42. The molecule has 1 aromatic heterocycles. The molecule has 0 aliphatic carbocycles. The number of nitrogens with two attached hydrogens (primary N) is 1. The third kappa shape index (κ3) is 5.86. The first kappa shape index (κ1) is 13.4. The van der Waals surface area contributed by atoms with Crippen molar-refractivity contribution in [1.29, 1.82) is 0 Å². The molecule has 0 saturated carbocycles. The van der Waals surface area contributed by atoms with Crippen LogP contribution in [0.3, 0.4) is 0 Å². The van der Waals surface area contributed by atoms with Gasteiger partial charge in [-0.05, 0) is 12.8 Å². The summed E-state index contributed by atoms with van der Waals surface area (Å²) in [6, 6.07) is 0. The molecular formula is C10H21N7. The summed E-state index contributed by atoms with van der Waals surface area (Å²) in [7, 11) is 0. The van der Waals surface area contributed by atoms with E-state index in [1.54, 1.807) is 10.9 Å². The third-order valence-electron chi connectivity index (χ3n) is 2.25. The SMILES string of the molecule is CCCCNC(=NCCCn1ccnn1)NN. The molecule has 7 nitrogen and oxygen atoms in total. The van der Waals surface area contributed by atoms with Crippen LogP contribution in [0.1, 0.15) is 26.2 Å². The van der Waals surface area contributed by atoms with Crippen molar-refractivity contribution in [3.63, 3.8) is 0 Å². The first-order chi connectivity index (χ1) is 8.36. The number of hydrogen-bond acceptors (Lipinski definition) is 4. The van der Waals surface area contributed by atoms with Crippen LogP contribution in [-0.2, 0) is 6.54 Å². The summed E-state index contributed by atoms with van der Waals surface area (Å²) < 4.78 is 1.79. The zero-order chi connectivity index (χ0) is 12.3. The highest BCUT2D eigenvalue weighted by Gasteiger charge is 1.95. The molecular weight excluding hydrogens is 218 g/mol. The van der Waals surface area contributed by atoms with Crippen LogP contribution in [0.25, 0.3) is 0 Å². The Kier molecular flexibility index (Phi) is 6.73. The van der Waals surface area contributed by atoms with Crippen molar-refractivity contribution < 1.29 is 0 Å². The monoisotopic (exact) mass is 239 g/mol. The summed E-state index contributed by atoms with van der Waals surface area (Å²) in [5, 5.41) is 10.8. The van der Waals surface area contributed by atoms with Gasteiger partial charge in [0.2, 0.25) is 5.96 Å². The van der Waals surface area contributed by atoms with Gasteiger partial charge in [0.1, 0.15) is 0 Å². The molecule has 0 saturated heterocycles. The molecule has 0 radical (unpaired) electrons. The maximum atomic E-state index is 5.36. The second-order valence-electron chi connectivity index (χ2n) is 3.67. The second kappa shape index (κ2) is 8.51. The van der Waals surface area contributed by atoms with E-state index in [2.05, 4.69) is 33.0 Å². The molecule has 0 unspecified atom stereocenters. The van der Waals surface area contributed by atoms with Gasteiger partial charge in [0.05, 0.1) is 6.20 Å². The molecule has 0 bridgehead atoms. The zero-order valence-electron chi connectivity index (χ0n) is 10.3.